The summed E-state index contributed by atoms with van der Waals surface area (Å²) in [5.74, 6) is 0. The summed E-state index contributed by atoms with van der Waals surface area (Å²) in [6.45, 7) is 0. The predicted molar refractivity (Wildman–Crippen MR) is 271 cm³/mol. The molecule has 4 nitrogen and oxygen atoms in total. The van der Waals surface area contributed by atoms with E-state index >= 15 is 0 Å². The van der Waals surface area contributed by atoms with E-state index in [9.17, 15) is 76.4 Å². The maximum Gasteiger partial charge on any atom is 0.416 e. The van der Waals surface area contributed by atoms with Gasteiger partial charge in [-0.3, -0.25) is 0 Å². The molecule has 0 aliphatic heterocycles. The van der Waals surface area contributed by atoms with Crippen molar-refractivity contribution in [2.45, 2.75) is 30.9 Å². The zero-order valence-corrected chi connectivity index (χ0v) is 40.2. The van der Waals surface area contributed by atoms with Crippen molar-refractivity contribution in [1.82, 2.24) is 9.13 Å². The summed E-state index contributed by atoms with van der Waals surface area (Å²) in [7, 11) is 0. The number of nitriles is 2. The fourth-order valence-electron chi connectivity index (χ4n) is 10.3. The summed E-state index contributed by atoms with van der Waals surface area (Å²) >= 11 is 0. The van der Waals surface area contributed by atoms with Crippen LogP contribution in [-0.2, 0) is 30.9 Å². The summed E-state index contributed by atoms with van der Waals surface area (Å²) in [4.78, 5) is 0. The third kappa shape index (κ3) is 9.17. The number of hydrogen-bond donors (Lipinski definition) is 0. The van der Waals surface area contributed by atoms with Crippen molar-refractivity contribution in [3.05, 3.63) is 215 Å². The molecule has 0 aliphatic rings. The van der Waals surface area contributed by atoms with Gasteiger partial charge in [-0.25, -0.2) is 0 Å². The van der Waals surface area contributed by atoms with Crippen molar-refractivity contribution in [1.29, 1.82) is 10.5 Å². The zero-order valence-electron chi connectivity index (χ0n) is 40.2. The van der Waals surface area contributed by atoms with Gasteiger partial charge in [-0.2, -0.15) is 76.4 Å². The van der Waals surface area contributed by atoms with E-state index in [0.29, 0.717) is 73.9 Å². The molecule has 9 aromatic carbocycles. The number of para-hydroxylation sites is 2. The third-order valence-electron chi connectivity index (χ3n) is 13.9. The molecule has 80 heavy (non-hydrogen) atoms. The van der Waals surface area contributed by atoms with Gasteiger partial charge in [0.1, 0.15) is 0 Å². The maximum atomic E-state index is 14.1. The Kier molecular flexibility index (Phi) is 12.2. The van der Waals surface area contributed by atoms with Crippen molar-refractivity contribution in [3.63, 3.8) is 0 Å². The number of nitrogens with zero attached hydrogens (tertiary/aromatic N) is 4. The van der Waals surface area contributed by atoms with Crippen molar-refractivity contribution >= 4 is 43.6 Å². The number of alkyl halides is 15. The molecule has 0 radical (unpaired) electrons. The Hall–Kier alpha value is -9.49. The molecule has 0 saturated carbocycles. The van der Waals surface area contributed by atoms with Gasteiger partial charge in [-0.1, -0.05) is 66.7 Å². The molecule has 0 fully saturated rings. The van der Waals surface area contributed by atoms with Crippen LogP contribution in [0.5, 0.6) is 0 Å². The van der Waals surface area contributed by atoms with Gasteiger partial charge in [0, 0.05) is 32.7 Å². The highest BCUT2D eigenvalue weighted by Crippen LogP contribution is 2.47. The Morgan fingerprint density at radius 1 is 0.287 bits per heavy atom. The topological polar surface area (TPSA) is 57.4 Å². The smallest absolute Gasteiger partial charge is 0.309 e. The highest BCUT2D eigenvalue weighted by molar-refractivity contribution is 6.13. The average Bonchev–Trinajstić information content (AvgIpc) is 4.12. The number of rotatable bonds is 6. The summed E-state index contributed by atoms with van der Waals surface area (Å²) in [6.07, 6.45) is -25.4. The lowest BCUT2D eigenvalue weighted by molar-refractivity contribution is -0.144. The monoisotopic (exact) mass is 1100 g/mol. The first kappa shape index (κ1) is 52.6. The molecule has 0 aliphatic carbocycles. The van der Waals surface area contributed by atoms with E-state index in [-0.39, 0.29) is 68.0 Å². The van der Waals surface area contributed by atoms with Gasteiger partial charge in [-0.05, 0) is 143 Å². The van der Waals surface area contributed by atoms with Crippen LogP contribution in [0.3, 0.4) is 0 Å². The van der Waals surface area contributed by atoms with Gasteiger partial charge in [0.15, 0.2) is 0 Å². The fraction of sp³-hybridized carbons (Fsp3) is 0.0820. The third-order valence-corrected chi connectivity index (χ3v) is 13.9. The van der Waals surface area contributed by atoms with Crippen molar-refractivity contribution in [3.8, 4) is 68.0 Å². The van der Waals surface area contributed by atoms with Crippen LogP contribution in [0.2, 0.25) is 0 Å². The van der Waals surface area contributed by atoms with E-state index in [1.165, 1.54) is 48.5 Å². The number of benzene rings is 9. The molecule has 0 spiro atoms. The standard InChI is InChI=1S/C61H29F15N4/c62-57(63,64)39-15-16-44(38(24-39)31-78)34-14-19-54(79-50-9-3-1-7-45(50)47-25-32(12-17-52(47)79)36-20-40(58(65,66)67)28-41(21-36)59(68,69)70)49(27-34)56-35(30-77)6-5-11-55(56)80-51-10-4-2-8-46(51)48-26-33(13-18-53(48)80)37-22-42(60(71,72)73)29-43(23-37)61(74,75)76/h1-29H. The largest absolute Gasteiger partial charge is 0.416 e. The SMILES string of the molecule is N#Cc1cc(C(F)(F)F)ccc1-c1ccc(-n2c3ccccc3c3cc(-c4cc(C(F)(F)F)cc(C(F)(F)F)c4)ccc32)c(-c2c(C#N)cccc2-n2c3ccccc3c3cc(-c4cc(C(F)(F)F)cc(C(F)(F)F)c4)ccc32)c1. The first-order valence-electron chi connectivity index (χ1n) is 23.7. The van der Waals surface area contributed by atoms with E-state index in [1.807, 2.05) is 6.07 Å². The maximum absolute atomic E-state index is 14.1. The molecule has 2 aromatic heterocycles. The van der Waals surface area contributed by atoms with Gasteiger partial charge in [0.25, 0.3) is 0 Å². The summed E-state index contributed by atoms with van der Waals surface area (Å²) in [6, 6.07) is 40.3. The van der Waals surface area contributed by atoms with Crippen LogP contribution < -0.4 is 0 Å². The second-order valence-electron chi connectivity index (χ2n) is 18.7. The molecule has 19 heteroatoms. The summed E-state index contributed by atoms with van der Waals surface area (Å²) < 4.78 is 215. The van der Waals surface area contributed by atoms with E-state index in [4.69, 9.17) is 0 Å². The zero-order chi connectivity index (χ0) is 57.0. The second kappa shape index (κ2) is 18.6. The second-order valence-corrected chi connectivity index (χ2v) is 18.7. The van der Waals surface area contributed by atoms with Gasteiger partial charge in [0.05, 0.1) is 84.5 Å². The quantitative estimate of drug-likeness (QED) is 0.156. The highest BCUT2D eigenvalue weighted by atomic mass is 19.4. The Bertz CT molecular complexity index is 4370. The number of aromatic nitrogens is 2. The Balaban J connectivity index is 1.20. The van der Waals surface area contributed by atoms with Gasteiger partial charge in [0.2, 0.25) is 0 Å². The summed E-state index contributed by atoms with van der Waals surface area (Å²) in [5.41, 5.74) is -5.70. The molecule has 0 unspecified atom stereocenters. The van der Waals surface area contributed by atoms with Crippen LogP contribution in [0.25, 0.3) is 99.5 Å². The van der Waals surface area contributed by atoms with Gasteiger partial charge < -0.3 is 9.13 Å². The van der Waals surface area contributed by atoms with E-state index in [1.54, 1.807) is 81.9 Å². The first-order chi connectivity index (χ1) is 37.7. The molecule has 11 aromatic rings. The van der Waals surface area contributed by atoms with Crippen LogP contribution in [0.1, 0.15) is 38.9 Å². The molecule has 2 heterocycles. The molecule has 0 N–H and O–H groups in total. The Labute approximate surface area is 441 Å². The van der Waals surface area contributed by atoms with Crippen molar-refractivity contribution < 1.29 is 65.9 Å². The highest BCUT2D eigenvalue weighted by Gasteiger charge is 2.39. The van der Waals surface area contributed by atoms with Gasteiger partial charge >= 0.3 is 30.9 Å². The molecule has 0 saturated heterocycles. The minimum Gasteiger partial charge on any atom is -0.309 e. The normalized spacial score (nSPS) is 12.7. The molecule has 0 bridgehead atoms. The average molecular weight is 1100 g/mol. The van der Waals surface area contributed by atoms with Crippen molar-refractivity contribution in [2.75, 3.05) is 0 Å². The molecular weight excluding hydrogens is 1070 g/mol. The number of halogens is 15. The van der Waals surface area contributed by atoms with Crippen molar-refractivity contribution in [2.24, 2.45) is 0 Å². The fourth-order valence-corrected chi connectivity index (χ4v) is 10.3. The summed E-state index contributed by atoms with van der Waals surface area (Å²) in [5, 5.41) is 23.0. The number of fused-ring (bicyclic) bond motifs is 6. The van der Waals surface area contributed by atoms with Crippen LogP contribution in [0.4, 0.5) is 65.9 Å². The Morgan fingerprint density at radius 2 is 0.713 bits per heavy atom. The first-order valence-corrected chi connectivity index (χ1v) is 23.7. The lowest BCUT2D eigenvalue weighted by Gasteiger charge is -2.21. The molecule has 0 amide bonds. The predicted octanol–water partition coefficient (Wildman–Crippen LogP) is 19.4. The lowest BCUT2D eigenvalue weighted by Crippen LogP contribution is -2.11. The minimum absolute atomic E-state index is 0.00749. The van der Waals surface area contributed by atoms with E-state index in [0.717, 1.165) is 12.1 Å². The lowest BCUT2D eigenvalue weighted by atomic mass is 9.91. The minimum atomic E-state index is -5.15. The molecular formula is C61H29F15N4. The number of hydrogen-bond acceptors (Lipinski definition) is 2. The van der Waals surface area contributed by atoms with Crippen LogP contribution in [0.15, 0.2) is 176 Å². The molecule has 0 atom stereocenters. The molecule has 398 valence electrons. The molecule has 11 rings (SSSR count). The van der Waals surface area contributed by atoms with E-state index in [2.05, 4.69) is 6.07 Å². The Morgan fingerprint density at radius 3 is 1.16 bits per heavy atom. The van der Waals surface area contributed by atoms with Crippen LogP contribution >= 0.6 is 0 Å². The van der Waals surface area contributed by atoms with Gasteiger partial charge in [-0.15, -0.1) is 0 Å². The van der Waals surface area contributed by atoms with E-state index < -0.39 is 69.8 Å². The van der Waals surface area contributed by atoms with Crippen LogP contribution in [0, 0.1) is 22.7 Å². The van der Waals surface area contributed by atoms with Crippen LogP contribution in [-0.4, -0.2) is 9.13 Å².